The molecule has 0 saturated heterocycles. The number of benzene rings is 1. The van der Waals surface area contributed by atoms with Gasteiger partial charge in [-0.25, -0.2) is 0 Å². The fourth-order valence-electron chi connectivity index (χ4n) is 3.89. The van der Waals surface area contributed by atoms with Gasteiger partial charge in [0.1, 0.15) is 6.54 Å². The zero-order chi connectivity index (χ0) is 18.9. The Kier molecular flexibility index (Phi) is 20.9. The van der Waals surface area contributed by atoms with Crippen molar-refractivity contribution in [2.75, 3.05) is 20.6 Å². The fraction of sp³-hybridized carbons (Fsp3) is 0.760. The maximum absolute atomic E-state index is 2.37. The Balaban J connectivity index is 0. The van der Waals surface area contributed by atoms with E-state index in [2.05, 4.69) is 51.4 Å². The van der Waals surface area contributed by atoms with Crippen molar-refractivity contribution in [2.24, 2.45) is 0 Å². The number of halogens is 1. The summed E-state index contributed by atoms with van der Waals surface area (Å²) in [5.41, 5.74) is 1.46. The van der Waals surface area contributed by atoms with Gasteiger partial charge in [0.05, 0.1) is 20.6 Å². The van der Waals surface area contributed by atoms with E-state index in [9.17, 15) is 0 Å². The molecule has 0 saturated carbocycles. The van der Waals surface area contributed by atoms with Gasteiger partial charge in [-0.05, 0) is 12.8 Å². The molecule has 0 aromatic heterocycles. The van der Waals surface area contributed by atoms with E-state index >= 15 is 0 Å². The molecular weight excluding hydrogens is 364 g/mol. The summed E-state index contributed by atoms with van der Waals surface area (Å²) in [7, 11) is 4.74. The molecule has 0 atom stereocenters. The summed E-state index contributed by atoms with van der Waals surface area (Å²) < 4.78 is 1.11. The molecule has 0 bridgehead atoms. The Bertz CT molecular complexity index is 420. The first-order chi connectivity index (χ1) is 12.6. The molecule has 0 heterocycles. The lowest BCUT2D eigenvalue weighted by molar-refractivity contribution is -0.903. The van der Waals surface area contributed by atoms with Crippen LogP contribution >= 0.6 is 12.4 Å². The predicted molar refractivity (Wildman–Crippen MR) is 130 cm³/mol. The first kappa shape index (κ1) is 29.6. The normalized spacial score (nSPS) is 11.0. The van der Waals surface area contributed by atoms with Gasteiger partial charge in [0.15, 0.2) is 0 Å². The monoisotopic (exact) mass is 413 g/mol. The van der Waals surface area contributed by atoms with Gasteiger partial charge < -0.3 is 10.6 Å². The summed E-state index contributed by atoms with van der Waals surface area (Å²) >= 11 is 0. The van der Waals surface area contributed by atoms with E-state index in [4.69, 9.17) is 0 Å². The number of hydrogen-bond donors (Lipinski definition) is 1. The van der Waals surface area contributed by atoms with Crippen molar-refractivity contribution in [3.8, 4) is 0 Å². The summed E-state index contributed by atoms with van der Waals surface area (Å²) in [5, 5.41) is 0. The minimum Gasteiger partial charge on any atom is -0.344 e. The van der Waals surface area contributed by atoms with Crippen LogP contribution in [0.1, 0.15) is 102 Å². The van der Waals surface area contributed by atoms with Crippen LogP contribution in [0.15, 0.2) is 30.3 Å². The van der Waals surface area contributed by atoms with Gasteiger partial charge in [0.2, 0.25) is 0 Å². The minimum absolute atomic E-state index is 0. The Morgan fingerprint density at radius 2 is 1.00 bits per heavy atom. The Morgan fingerprint density at radius 1 is 0.607 bits per heavy atom. The topological polar surface area (TPSA) is 35.0 Å². The van der Waals surface area contributed by atoms with Gasteiger partial charge in [0, 0.05) is 5.56 Å². The van der Waals surface area contributed by atoms with Gasteiger partial charge in [-0.3, -0.25) is 0 Å². The van der Waals surface area contributed by atoms with Crippen molar-refractivity contribution >= 4 is 12.4 Å². The average molecular weight is 414 g/mol. The van der Waals surface area contributed by atoms with Crippen LogP contribution in [0.5, 0.6) is 0 Å². The number of hydrogen-bond acceptors (Lipinski definition) is 1. The summed E-state index contributed by atoms with van der Waals surface area (Å²) in [4.78, 5) is 0. The Morgan fingerprint density at radius 3 is 1.43 bits per heavy atom. The highest BCUT2D eigenvalue weighted by molar-refractivity contribution is 5.85. The number of rotatable bonds is 17. The van der Waals surface area contributed by atoms with Gasteiger partial charge in [-0.15, -0.1) is 12.4 Å². The molecule has 0 radical (unpaired) electrons. The van der Waals surface area contributed by atoms with Crippen molar-refractivity contribution in [1.82, 2.24) is 6.15 Å². The van der Waals surface area contributed by atoms with E-state index in [0.29, 0.717) is 0 Å². The molecule has 3 heteroatoms. The van der Waals surface area contributed by atoms with Gasteiger partial charge >= 0.3 is 0 Å². The van der Waals surface area contributed by atoms with Crippen LogP contribution in [0.3, 0.4) is 0 Å². The van der Waals surface area contributed by atoms with Crippen LogP contribution in [0.4, 0.5) is 0 Å². The quantitative estimate of drug-likeness (QED) is 0.202. The van der Waals surface area contributed by atoms with Crippen LogP contribution in [0.25, 0.3) is 0 Å². The zero-order valence-electron chi connectivity index (χ0n) is 19.3. The third-order valence-corrected chi connectivity index (χ3v) is 5.57. The lowest BCUT2D eigenvalue weighted by Crippen LogP contribution is -2.39. The molecule has 0 unspecified atom stereocenters. The van der Waals surface area contributed by atoms with Gasteiger partial charge in [0.25, 0.3) is 0 Å². The summed E-state index contributed by atoms with van der Waals surface area (Å²) in [6.45, 7) is 4.75. The molecule has 0 spiro atoms. The largest absolute Gasteiger partial charge is 0.344 e. The maximum atomic E-state index is 2.37. The minimum atomic E-state index is 0. The van der Waals surface area contributed by atoms with E-state index in [-0.39, 0.29) is 18.6 Å². The third kappa shape index (κ3) is 17.5. The lowest BCUT2D eigenvalue weighted by Gasteiger charge is -2.30. The van der Waals surface area contributed by atoms with Crippen LogP contribution in [0.2, 0.25) is 0 Å². The number of quaternary nitrogens is 1. The molecule has 0 fully saturated rings. The molecule has 0 aliphatic rings. The summed E-state index contributed by atoms with van der Waals surface area (Å²) in [6.07, 6.45) is 20.2. The number of nitrogens with zero attached hydrogens (tertiary/aromatic N) is 1. The van der Waals surface area contributed by atoms with E-state index in [1.165, 1.54) is 102 Å². The molecular formula is C25H50ClN2+. The maximum Gasteiger partial charge on any atom is 0.104 e. The first-order valence-corrected chi connectivity index (χ1v) is 11.5. The van der Waals surface area contributed by atoms with Crippen molar-refractivity contribution in [2.45, 2.75) is 103 Å². The summed E-state index contributed by atoms with van der Waals surface area (Å²) in [5.74, 6) is 0. The molecule has 0 amide bonds. The average Bonchev–Trinajstić information content (AvgIpc) is 2.62. The first-order valence-electron chi connectivity index (χ1n) is 11.5. The van der Waals surface area contributed by atoms with Crippen molar-refractivity contribution < 1.29 is 4.48 Å². The zero-order valence-corrected chi connectivity index (χ0v) is 20.1. The standard InChI is InChI=1S/C25H46N.ClH.H3N/c1-4-5-6-7-8-9-10-11-12-13-14-15-16-20-23-26(2,3)24-25-21-18-17-19-22-25;;/h17-19,21-22H,4-16,20,23-24H2,1-3H3;1H;1H3/q+1;;. The van der Waals surface area contributed by atoms with Gasteiger partial charge in [-0.2, -0.15) is 0 Å². The second kappa shape index (κ2) is 19.7. The smallest absolute Gasteiger partial charge is 0.104 e. The van der Waals surface area contributed by atoms with E-state index in [1.54, 1.807) is 0 Å². The molecule has 2 nitrogen and oxygen atoms in total. The highest BCUT2D eigenvalue weighted by Crippen LogP contribution is 2.14. The van der Waals surface area contributed by atoms with Crippen LogP contribution < -0.4 is 6.15 Å². The molecule has 0 aliphatic carbocycles. The molecule has 166 valence electrons. The Labute approximate surface area is 183 Å². The molecule has 28 heavy (non-hydrogen) atoms. The fourth-order valence-corrected chi connectivity index (χ4v) is 3.89. The molecule has 3 N–H and O–H groups in total. The SMILES string of the molecule is CCCCCCCCCCCCCCCC[N+](C)(C)Cc1ccccc1.Cl.N. The van der Waals surface area contributed by atoms with Crippen molar-refractivity contribution in [3.63, 3.8) is 0 Å². The van der Waals surface area contributed by atoms with E-state index < -0.39 is 0 Å². The van der Waals surface area contributed by atoms with Crippen LogP contribution in [0, 0.1) is 0 Å². The second-order valence-corrected chi connectivity index (χ2v) is 8.90. The lowest BCUT2D eigenvalue weighted by atomic mass is 10.0. The Hall–Kier alpha value is -0.570. The summed E-state index contributed by atoms with van der Waals surface area (Å²) in [6, 6.07) is 10.9. The van der Waals surface area contributed by atoms with Crippen molar-refractivity contribution in [1.29, 1.82) is 0 Å². The number of unbranched alkanes of at least 4 members (excludes halogenated alkanes) is 13. The molecule has 1 aromatic carbocycles. The van der Waals surface area contributed by atoms with E-state index in [0.717, 1.165) is 11.0 Å². The molecule has 0 aliphatic heterocycles. The molecule has 1 rings (SSSR count). The predicted octanol–water partition coefficient (Wildman–Crippen LogP) is 8.33. The molecule has 1 aromatic rings. The highest BCUT2D eigenvalue weighted by atomic mass is 35.5. The van der Waals surface area contributed by atoms with Crippen LogP contribution in [-0.2, 0) is 6.54 Å². The van der Waals surface area contributed by atoms with Crippen molar-refractivity contribution in [3.05, 3.63) is 35.9 Å². The van der Waals surface area contributed by atoms with Crippen LogP contribution in [-0.4, -0.2) is 25.1 Å². The van der Waals surface area contributed by atoms with Gasteiger partial charge in [-0.1, -0.05) is 114 Å². The third-order valence-electron chi connectivity index (χ3n) is 5.57. The highest BCUT2D eigenvalue weighted by Gasteiger charge is 2.14. The second-order valence-electron chi connectivity index (χ2n) is 8.90. The van der Waals surface area contributed by atoms with E-state index in [1.807, 2.05) is 0 Å².